The van der Waals surface area contributed by atoms with E-state index < -0.39 is 17.5 Å². The minimum Gasteiger partial charge on any atom is -0.497 e. The molecule has 1 N–H and O–H groups in total. The largest absolute Gasteiger partial charge is 0.497 e. The van der Waals surface area contributed by atoms with E-state index in [1.165, 1.54) is 0 Å². The summed E-state index contributed by atoms with van der Waals surface area (Å²) in [5.41, 5.74) is -0.366. The predicted octanol–water partition coefficient (Wildman–Crippen LogP) is 2.32. The van der Waals surface area contributed by atoms with Crippen LogP contribution in [-0.4, -0.2) is 24.8 Å². The Morgan fingerprint density at radius 2 is 2.11 bits per heavy atom. The fourth-order valence-corrected chi connectivity index (χ4v) is 1.66. The Kier molecular flexibility index (Phi) is 4.73. The average molecular weight is 252 g/mol. The number of methoxy groups -OCH3 is 1. The maximum absolute atomic E-state index is 11.8. The SMILES string of the molecule is CCOC(=O)C(C)(C)C(O)c1cccc(OC)c1. The first-order chi connectivity index (χ1) is 8.43. The molecule has 0 aliphatic carbocycles. The van der Waals surface area contributed by atoms with Crippen LogP contribution in [0.3, 0.4) is 0 Å². The Balaban J connectivity index is 2.97. The van der Waals surface area contributed by atoms with Crippen LogP contribution in [0.15, 0.2) is 24.3 Å². The van der Waals surface area contributed by atoms with E-state index >= 15 is 0 Å². The molecular weight excluding hydrogens is 232 g/mol. The summed E-state index contributed by atoms with van der Waals surface area (Å²) in [4.78, 5) is 11.8. The predicted molar refractivity (Wildman–Crippen MR) is 68.4 cm³/mol. The maximum atomic E-state index is 11.8. The minimum absolute atomic E-state index is 0.299. The van der Waals surface area contributed by atoms with E-state index in [2.05, 4.69) is 0 Å². The fourth-order valence-electron chi connectivity index (χ4n) is 1.66. The summed E-state index contributed by atoms with van der Waals surface area (Å²) in [6, 6.07) is 7.03. The molecule has 0 aliphatic heterocycles. The van der Waals surface area contributed by atoms with Crippen LogP contribution >= 0.6 is 0 Å². The summed E-state index contributed by atoms with van der Waals surface area (Å²) in [7, 11) is 1.56. The molecule has 0 aromatic heterocycles. The first-order valence-corrected chi connectivity index (χ1v) is 5.92. The van der Waals surface area contributed by atoms with Gasteiger partial charge >= 0.3 is 5.97 Å². The number of esters is 1. The summed E-state index contributed by atoms with van der Waals surface area (Å²) in [6.07, 6.45) is -0.938. The highest BCUT2D eigenvalue weighted by Gasteiger charge is 2.38. The van der Waals surface area contributed by atoms with Gasteiger partial charge in [0.2, 0.25) is 0 Å². The maximum Gasteiger partial charge on any atom is 0.314 e. The quantitative estimate of drug-likeness (QED) is 0.817. The van der Waals surface area contributed by atoms with Gasteiger partial charge in [0.1, 0.15) is 5.75 Å². The van der Waals surface area contributed by atoms with E-state index in [1.807, 2.05) is 0 Å². The molecule has 0 bridgehead atoms. The molecule has 100 valence electrons. The topological polar surface area (TPSA) is 55.8 Å². The zero-order valence-electron chi connectivity index (χ0n) is 11.3. The summed E-state index contributed by atoms with van der Waals surface area (Å²) < 4.78 is 10.1. The van der Waals surface area contributed by atoms with Gasteiger partial charge in [-0.3, -0.25) is 4.79 Å². The molecule has 1 unspecified atom stereocenters. The van der Waals surface area contributed by atoms with Crippen molar-refractivity contribution in [3.63, 3.8) is 0 Å². The molecule has 18 heavy (non-hydrogen) atoms. The molecule has 0 radical (unpaired) electrons. The van der Waals surface area contributed by atoms with Crippen molar-refractivity contribution in [2.45, 2.75) is 26.9 Å². The second kappa shape index (κ2) is 5.87. The first-order valence-electron chi connectivity index (χ1n) is 5.92. The van der Waals surface area contributed by atoms with Gasteiger partial charge in [0.05, 0.1) is 25.2 Å². The number of benzene rings is 1. The van der Waals surface area contributed by atoms with Gasteiger partial charge in [-0.2, -0.15) is 0 Å². The van der Waals surface area contributed by atoms with E-state index in [1.54, 1.807) is 52.1 Å². The highest BCUT2D eigenvalue weighted by molar-refractivity contribution is 5.77. The van der Waals surface area contributed by atoms with Gasteiger partial charge in [0.15, 0.2) is 0 Å². The molecule has 1 aromatic carbocycles. The second-order valence-corrected chi connectivity index (χ2v) is 4.62. The standard InChI is InChI=1S/C14H20O4/c1-5-18-13(16)14(2,3)12(15)10-7-6-8-11(9-10)17-4/h6-9,12,15H,5H2,1-4H3. The summed E-state index contributed by atoms with van der Waals surface area (Å²) >= 11 is 0. The average Bonchev–Trinajstić information content (AvgIpc) is 2.38. The van der Waals surface area contributed by atoms with Gasteiger partial charge in [-0.05, 0) is 38.5 Å². The molecule has 4 nitrogen and oxygen atoms in total. The fraction of sp³-hybridized carbons (Fsp3) is 0.500. The number of hydrogen-bond donors (Lipinski definition) is 1. The van der Waals surface area contributed by atoms with Crippen molar-refractivity contribution in [1.82, 2.24) is 0 Å². The van der Waals surface area contributed by atoms with Crippen LogP contribution in [0.4, 0.5) is 0 Å². The lowest BCUT2D eigenvalue weighted by molar-refractivity contribution is -0.160. The molecular formula is C14H20O4. The van der Waals surface area contributed by atoms with Crippen molar-refractivity contribution in [1.29, 1.82) is 0 Å². The molecule has 1 rings (SSSR count). The molecule has 0 fully saturated rings. The Morgan fingerprint density at radius 1 is 1.44 bits per heavy atom. The van der Waals surface area contributed by atoms with Crippen molar-refractivity contribution in [2.75, 3.05) is 13.7 Å². The van der Waals surface area contributed by atoms with Gasteiger partial charge in [-0.25, -0.2) is 0 Å². The molecule has 0 spiro atoms. The van der Waals surface area contributed by atoms with Crippen molar-refractivity contribution >= 4 is 5.97 Å². The van der Waals surface area contributed by atoms with E-state index in [9.17, 15) is 9.90 Å². The molecule has 0 saturated heterocycles. The number of aliphatic hydroxyl groups excluding tert-OH is 1. The number of carbonyl (C=O) groups is 1. The zero-order valence-corrected chi connectivity index (χ0v) is 11.3. The van der Waals surface area contributed by atoms with Crippen LogP contribution in [0.1, 0.15) is 32.4 Å². The highest BCUT2D eigenvalue weighted by Crippen LogP contribution is 2.35. The van der Waals surface area contributed by atoms with E-state index in [4.69, 9.17) is 9.47 Å². The summed E-state index contributed by atoms with van der Waals surface area (Å²) in [5.74, 6) is 0.228. The lowest BCUT2D eigenvalue weighted by Crippen LogP contribution is -2.33. The van der Waals surface area contributed by atoms with Crippen molar-refractivity contribution in [3.05, 3.63) is 29.8 Å². The minimum atomic E-state index is -0.998. The number of carbonyl (C=O) groups excluding carboxylic acids is 1. The van der Waals surface area contributed by atoms with Gasteiger partial charge in [0, 0.05) is 0 Å². The van der Waals surface area contributed by atoms with Gasteiger partial charge < -0.3 is 14.6 Å². The van der Waals surface area contributed by atoms with Crippen LogP contribution < -0.4 is 4.74 Å². The number of rotatable bonds is 5. The normalized spacial score (nSPS) is 12.9. The van der Waals surface area contributed by atoms with Crippen molar-refractivity contribution < 1.29 is 19.4 Å². The lowest BCUT2D eigenvalue weighted by atomic mass is 9.82. The van der Waals surface area contributed by atoms with Gasteiger partial charge in [-0.15, -0.1) is 0 Å². The van der Waals surface area contributed by atoms with Gasteiger partial charge in [-0.1, -0.05) is 12.1 Å². The monoisotopic (exact) mass is 252 g/mol. The molecule has 4 heteroatoms. The third-order valence-corrected chi connectivity index (χ3v) is 2.89. The van der Waals surface area contributed by atoms with Crippen LogP contribution in [-0.2, 0) is 9.53 Å². The Morgan fingerprint density at radius 3 is 2.67 bits per heavy atom. The molecule has 1 aromatic rings. The number of aliphatic hydroxyl groups is 1. The lowest BCUT2D eigenvalue weighted by Gasteiger charge is -2.28. The smallest absolute Gasteiger partial charge is 0.314 e. The van der Waals surface area contributed by atoms with Gasteiger partial charge in [0.25, 0.3) is 0 Å². The summed E-state index contributed by atoms with van der Waals surface area (Å²) in [6.45, 7) is 5.36. The zero-order chi connectivity index (χ0) is 13.8. The Labute approximate surface area is 108 Å². The molecule has 1 atom stereocenters. The van der Waals surface area contributed by atoms with Crippen LogP contribution in [0.5, 0.6) is 5.75 Å². The molecule has 0 saturated carbocycles. The Bertz CT molecular complexity index is 412. The van der Waals surface area contributed by atoms with Crippen molar-refractivity contribution in [2.24, 2.45) is 5.41 Å². The van der Waals surface area contributed by atoms with E-state index in [0.717, 1.165) is 0 Å². The highest BCUT2D eigenvalue weighted by atomic mass is 16.5. The van der Waals surface area contributed by atoms with E-state index in [0.29, 0.717) is 17.9 Å². The molecule has 0 amide bonds. The van der Waals surface area contributed by atoms with E-state index in [-0.39, 0.29) is 0 Å². The molecule has 0 heterocycles. The van der Waals surface area contributed by atoms with Crippen LogP contribution in [0.25, 0.3) is 0 Å². The molecule has 0 aliphatic rings. The Hall–Kier alpha value is -1.55. The van der Waals surface area contributed by atoms with Crippen LogP contribution in [0.2, 0.25) is 0 Å². The third-order valence-electron chi connectivity index (χ3n) is 2.89. The first kappa shape index (κ1) is 14.5. The van der Waals surface area contributed by atoms with Crippen LogP contribution in [0, 0.1) is 5.41 Å². The van der Waals surface area contributed by atoms with Crippen molar-refractivity contribution in [3.8, 4) is 5.75 Å². The summed E-state index contributed by atoms with van der Waals surface area (Å²) in [5, 5.41) is 10.3. The second-order valence-electron chi connectivity index (χ2n) is 4.62. The third kappa shape index (κ3) is 3.01. The number of ether oxygens (including phenoxy) is 2. The number of hydrogen-bond acceptors (Lipinski definition) is 4.